The molecule has 0 saturated carbocycles. The van der Waals surface area contributed by atoms with Crippen molar-refractivity contribution >= 4 is 166 Å². The molecular formula is C80H98N4S11. The maximum Gasteiger partial charge on any atom is 0.134 e. The number of hydrogen-bond donors (Lipinski definition) is 0. The SMILES string of the molecule is C.CCCCC(CC)Cc1ccc(-c2nc3c(-c4cccs4)c4sc(-c5ccc(CC(CC)CCCC)s5)nc4c(-c4cccs4)c3s2)s1.CCCCC(CC)Cc1ccc(-c2nc3c(C)c4sc(-c5ccc(CC(CC)CCCC)s5)nc4c(C)c3s2)s1.Cc1cccs1. The molecule has 13 rings (SSSR count). The number of aryl methyl sites for hydroxylation is 3. The highest BCUT2D eigenvalue weighted by atomic mass is 32.1. The van der Waals surface area contributed by atoms with Gasteiger partial charge in [-0.2, -0.15) is 0 Å². The van der Waals surface area contributed by atoms with E-state index in [0.29, 0.717) is 0 Å². The van der Waals surface area contributed by atoms with Gasteiger partial charge in [0.1, 0.15) is 20.0 Å². The van der Waals surface area contributed by atoms with E-state index in [1.54, 1.807) is 11.3 Å². The summed E-state index contributed by atoms with van der Waals surface area (Å²) in [5.41, 5.74) is 9.66. The summed E-state index contributed by atoms with van der Waals surface area (Å²) in [5, 5.41) is 11.0. The zero-order chi connectivity index (χ0) is 65.7. The van der Waals surface area contributed by atoms with Crippen LogP contribution in [0, 0.1) is 44.4 Å². The second-order valence-electron chi connectivity index (χ2n) is 25.5. The summed E-state index contributed by atoms with van der Waals surface area (Å²) in [6.07, 6.45) is 25.6. The van der Waals surface area contributed by atoms with Gasteiger partial charge < -0.3 is 0 Å². The van der Waals surface area contributed by atoms with Gasteiger partial charge in [-0.3, -0.25) is 0 Å². The minimum Gasteiger partial charge on any atom is -0.235 e. The van der Waals surface area contributed by atoms with Crippen LogP contribution in [0.3, 0.4) is 0 Å². The lowest BCUT2D eigenvalue weighted by Crippen LogP contribution is -2.01. The molecule has 0 aliphatic rings. The molecule has 13 aromatic rings. The molecule has 0 fully saturated rings. The third kappa shape index (κ3) is 17.9. The van der Waals surface area contributed by atoms with E-state index in [1.807, 2.05) is 113 Å². The highest BCUT2D eigenvalue weighted by Crippen LogP contribution is 2.53. The zero-order valence-corrected chi connectivity index (χ0v) is 66.0. The van der Waals surface area contributed by atoms with E-state index in [1.165, 1.54) is 223 Å². The number of rotatable bonds is 30. The second kappa shape index (κ2) is 35.8. The van der Waals surface area contributed by atoms with E-state index < -0.39 is 0 Å². The molecular weight excluding hydrogens is 1370 g/mol. The quantitative estimate of drug-likeness (QED) is 0.0450. The van der Waals surface area contributed by atoms with Crippen LogP contribution in [0.4, 0.5) is 0 Å². The lowest BCUT2D eigenvalue weighted by molar-refractivity contribution is 0.452. The summed E-state index contributed by atoms with van der Waals surface area (Å²) in [6, 6.07) is 31.6. The van der Waals surface area contributed by atoms with Crippen LogP contribution in [0.15, 0.2) is 101 Å². The van der Waals surface area contributed by atoms with Gasteiger partial charge in [-0.25, -0.2) is 19.9 Å². The fraction of sp³-hybridized carbons (Fsp3) is 0.450. The van der Waals surface area contributed by atoms with Gasteiger partial charge >= 0.3 is 0 Å². The monoisotopic (exact) mass is 1470 g/mol. The summed E-state index contributed by atoms with van der Waals surface area (Å²) in [7, 11) is 0. The predicted octanol–water partition coefficient (Wildman–Crippen LogP) is 30.5. The highest BCUT2D eigenvalue weighted by molar-refractivity contribution is 7.29. The third-order valence-corrected chi connectivity index (χ3v) is 30.8. The molecule has 0 radical (unpaired) electrons. The fourth-order valence-electron chi connectivity index (χ4n) is 12.8. The molecule has 0 saturated heterocycles. The third-order valence-electron chi connectivity index (χ3n) is 18.6. The van der Waals surface area contributed by atoms with Crippen molar-refractivity contribution in [2.75, 3.05) is 0 Å². The Bertz CT molecular complexity index is 4040. The van der Waals surface area contributed by atoms with Crippen molar-refractivity contribution in [3.8, 4) is 60.4 Å². The Labute approximate surface area is 612 Å². The molecule has 0 aliphatic heterocycles. The molecule has 11 heterocycles. The topological polar surface area (TPSA) is 51.6 Å². The Morgan fingerprint density at radius 2 is 0.611 bits per heavy atom. The van der Waals surface area contributed by atoms with E-state index in [4.69, 9.17) is 19.9 Å². The zero-order valence-electron chi connectivity index (χ0n) is 57.0. The Morgan fingerprint density at radius 1 is 0.316 bits per heavy atom. The first kappa shape index (κ1) is 73.6. The van der Waals surface area contributed by atoms with Gasteiger partial charge in [-0.05, 0) is 164 Å². The molecule has 15 heteroatoms. The predicted molar refractivity (Wildman–Crippen MR) is 439 cm³/mol. The van der Waals surface area contributed by atoms with Gasteiger partial charge in [0, 0.05) is 45.3 Å². The lowest BCUT2D eigenvalue weighted by Gasteiger charge is -2.12. The molecule has 4 unspecified atom stereocenters. The van der Waals surface area contributed by atoms with Gasteiger partial charge in [0.05, 0.1) is 60.4 Å². The van der Waals surface area contributed by atoms with E-state index >= 15 is 0 Å². The van der Waals surface area contributed by atoms with Gasteiger partial charge in [-0.1, -0.05) is 184 Å². The van der Waals surface area contributed by atoms with Crippen LogP contribution in [-0.2, 0) is 25.7 Å². The Morgan fingerprint density at radius 3 is 0.863 bits per heavy atom. The minimum atomic E-state index is 0. The fourth-order valence-corrected chi connectivity index (χ4v) is 24.2. The standard InChI is InChI=1S/C40H44N2S6.C34H44N2S4.C5H6S.CH4/c1-5-9-13-25(7-3)23-27-17-19-31(45-27)39-41-35-33(29-15-11-21-43-29)38-36(34(37(35)47-39)30-16-12-22-44-30)42-40(48-38)32-20-18-28(46-32)24-26(8-4)14-10-6-2;1-7-11-13-23(9-3)19-25-15-17-27(37-25)33-35-29-21(5)32-30(22(6)31(29)39-33)36-34(40-32)28-18-16-26(38-28)20-24(10-4)14-12-8-2;1-5-3-2-4-6-5;/h11-12,15-22,25-26H,5-10,13-14,23-24H2,1-4H3;15-18,23-24H,7-14,19-20H2,1-6H3;2-4H,1H3;1H4. The van der Waals surface area contributed by atoms with Gasteiger partial charge in [0.15, 0.2) is 0 Å². The molecule has 4 atom stereocenters. The average Bonchev–Trinajstić information content (AvgIpc) is 1.60. The van der Waals surface area contributed by atoms with Crippen molar-refractivity contribution in [2.24, 2.45) is 23.7 Å². The molecule has 0 bridgehead atoms. The smallest absolute Gasteiger partial charge is 0.134 e. The summed E-state index contributed by atoms with van der Waals surface area (Å²) < 4.78 is 5.13. The van der Waals surface area contributed by atoms with Crippen LogP contribution in [-0.4, -0.2) is 19.9 Å². The molecule has 0 aliphatic carbocycles. The van der Waals surface area contributed by atoms with Crippen LogP contribution in [0.25, 0.3) is 101 Å². The number of aromatic nitrogens is 4. The molecule has 95 heavy (non-hydrogen) atoms. The van der Waals surface area contributed by atoms with Crippen LogP contribution in [0.1, 0.15) is 201 Å². The number of thiophene rings is 7. The van der Waals surface area contributed by atoms with Crippen molar-refractivity contribution in [1.29, 1.82) is 0 Å². The number of thiazole rings is 4. The number of nitrogens with zero attached hydrogens (tertiary/aromatic N) is 4. The maximum atomic E-state index is 5.50. The summed E-state index contributed by atoms with van der Waals surface area (Å²) in [5.74, 6) is 3.13. The van der Waals surface area contributed by atoms with Crippen molar-refractivity contribution in [3.63, 3.8) is 0 Å². The number of hydrogen-bond acceptors (Lipinski definition) is 15. The summed E-state index contributed by atoms with van der Waals surface area (Å²) in [4.78, 5) is 36.6. The first-order valence-electron chi connectivity index (χ1n) is 34.9. The minimum absolute atomic E-state index is 0. The van der Waals surface area contributed by atoms with E-state index in [9.17, 15) is 0 Å². The number of benzene rings is 2. The van der Waals surface area contributed by atoms with Crippen LogP contribution >= 0.6 is 125 Å². The molecule has 0 spiro atoms. The molecule has 4 nitrogen and oxygen atoms in total. The van der Waals surface area contributed by atoms with Crippen LogP contribution < -0.4 is 0 Å². The number of unbranched alkanes of at least 4 members (excludes halogenated alkanes) is 4. The molecule has 0 N–H and O–H groups in total. The Balaban J connectivity index is 0.000000191. The Kier molecular flexibility index (Phi) is 27.7. The van der Waals surface area contributed by atoms with Crippen molar-refractivity contribution in [3.05, 3.63) is 137 Å². The lowest BCUT2D eigenvalue weighted by atomic mass is 9.95. The van der Waals surface area contributed by atoms with Crippen molar-refractivity contribution in [1.82, 2.24) is 19.9 Å². The molecule has 2 aromatic carbocycles. The van der Waals surface area contributed by atoms with Crippen LogP contribution in [0.2, 0.25) is 0 Å². The second-order valence-corrected chi connectivity index (χ2v) is 37.2. The van der Waals surface area contributed by atoms with Crippen LogP contribution in [0.5, 0.6) is 0 Å². The Hall–Kier alpha value is -4.10. The first-order valence-corrected chi connectivity index (χ1v) is 44.0. The first-order chi connectivity index (χ1) is 45.9. The van der Waals surface area contributed by atoms with E-state index in [-0.39, 0.29) is 7.43 Å². The van der Waals surface area contributed by atoms with Gasteiger partial charge in [0.25, 0.3) is 0 Å². The normalized spacial score (nSPS) is 13.0. The van der Waals surface area contributed by atoms with Crippen molar-refractivity contribution < 1.29 is 0 Å². The highest BCUT2D eigenvalue weighted by Gasteiger charge is 2.28. The average molecular weight is 1470 g/mol. The summed E-state index contributed by atoms with van der Waals surface area (Å²) >= 11 is 20.6. The number of fused-ring (bicyclic) bond motifs is 4. The summed E-state index contributed by atoms with van der Waals surface area (Å²) in [6.45, 7) is 25.2. The molecule has 504 valence electrons. The molecule has 0 amide bonds. The van der Waals surface area contributed by atoms with Crippen molar-refractivity contribution in [2.45, 2.75) is 212 Å². The van der Waals surface area contributed by atoms with E-state index in [0.717, 1.165) is 65.8 Å². The maximum absolute atomic E-state index is 5.50. The van der Waals surface area contributed by atoms with Gasteiger partial charge in [0.2, 0.25) is 0 Å². The largest absolute Gasteiger partial charge is 0.235 e. The van der Waals surface area contributed by atoms with Gasteiger partial charge in [-0.15, -0.1) is 125 Å². The molecule has 11 aromatic heterocycles. The van der Waals surface area contributed by atoms with E-state index in [2.05, 4.69) is 177 Å².